The van der Waals surface area contributed by atoms with E-state index in [0.717, 1.165) is 19.3 Å². The summed E-state index contributed by atoms with van der Waals surface area (Å²) in [4.78, 5) is 23.5. The first-order valence-corrected chi connectivity index (χ1v) is 6.74. The van der Waals surface area contributed by atoms with Crippen LogP contribution in [0.2, 0.25) is 0 Å². The van der Waals surface area contributed by atoms with Crippen LogP contribution in [0.3, 0.4) is 0 Å². The molecule has 0 unspecified atom stereocenters. The normalized spacial score (nSPS) is 27.5. The molecule has 0 aromatic carbocycles. The van der Waals surface area contributed by atoms with Gasteiger partial charge in [-0.15, -0.1) is 0 Å². The van der Waals surface area contributed by atoms with Gasteiger partial charge in [0.05, 0.1) is 12.5 Å². The number of ether oxygens (including phenoxy) is 2. The highest BCUT2D eigenvalue weighted by Crippen LogP contribution is 2.37. The number of esters is 1. The van der Waals surface area contributed by atoms with Crippen LogP contribution < -0.4 is 5.32 Å². The van der Waals surface area contributed by atoms with Gasteiger partial charge in [-0.3, -0.25) is 4.79 Å². The van der Waals surface area contributed by atoms with Crippen LogP contribution in [-0.4, -0.2) is 30.8 Å². The summed E-state index contributed by atoms with van der Waals surface area (Å²) in [6, 6.07) is -0.0345. The van der Waals surface area contributed by atoms with Gasteiger partial charge in [0.2, 0.25) is 0 Å². The van der Waals surface area contributed by atoms with Crippen molar-refractivity contribution in [1.29, 1.82) is 0 Å². The van der Waals surface area contributed by atoms with E-state index >= 15 is 0 Å². The molecule has 1 rings (SSSR count). The van der Waals surface area contributed by atoms with Gasteiger partial charge < -0.3 is 14.8 Å². The zero-order valence-electron chi connectivity index (χ0n) is 12.5. The Morgan fingerprint density at radius 2 is 1.95 bits per heavy atom. The molecule has 2 atom stereocenters. The highest BCUT2D eigenvalue weighted by atomic mass is 16.6. The molecule has 0 saturated heterocycles. The molecule has 0 aliphatic heterocycles. The molecular weight excluding hydrogens is 246 g/mol. The molecule has 0 aromatic rings. The summed E-state index contributed by atoms with van der Waals surface area (Å²) in [6.07, 6.45) is 2.73. The van der Waals surface area contributed by atoms with E-state index in [1.165, 1.54) is 7.11 Å². The van der Waals surface area contributed by atoms with Crippen LogP contribution in [0.15, 0.2) is 0 Å². The summed E-state index contributed by atoms with van der Waals surface area (Å²) in [5.74, 6) is -0.205. The second-order valence-corrected chi connectivity index (χ2v) is 6.49. The molecule has 0 radical (unpaired) electrons. The molecule has 1 fully saturated rings. The predicted octanol–water partition coefficient (Wildman–Crippen LogP) is 2.63. The van der Waals surface area contributed by atoms with Gasteiger partial charge in [0.25, 0.3) is 0 Å². The summed E-state index contributed by atoms with van der Waals surface area (Å²) in [6.45, 7) is 7.37. The Morgan fingerprint density at radius 1 is 1.32 bits per heavy atom. The summed E-state index contributed by atoms with van der Waals surface area (Å²) in [5, 5.41) is 2.84. The Bertz CT molecular complexity index is 348. The summed E-state index contributed by atoms with van der Waals surface area (Å²) in [7, 11) is 1.40. The van der Waals surface area contributed by atoms with E-state index in [1.807, 2.05) is 27.7 Å². The number of hydrogen-bond donors (Lipinski definition) is 1. The zero-order chi connectivity index (χ0) is 14.7. The number of rotatable bonds is 2. The van der Waals surface area contributed by atoms with Gasteiger partial charge in [0, 0.05) is 6.04 Å². The first kappa shape index (κ1) is 15.8. The van der Waals surface area contributed by atoms with Gasteiger partial charge in [-0.05, 0) is 47.0 Å². The molecule has 19 heavy (non-hydrogen) atoms. The number of nitrogens with one attached hydrogen (secondary N) is 1. The quantitative estimate of drug-likeness (QED) is 0.784. The molecule has 1 N–H and O–H groups in total. The fourth-order valence-electron chi connectivity index (χ4n) is 2.52. The van der Waals surface area contributed by atoms with Gasteiger partial charge in [0.15, 0.2) is 0 Å². The largest absolute Gasteiger partial charge is 0.469 e. The van der Waals surface area contributed by atoms with Crippen LogP contribution >= 0.6 is 0 Å². The zero-order valence-corrected chi connectivity index (χ0v) is 12.5. The van der Waals surface area contributed by atoms with Crippen molar-refractivity contribution in [2.24, 2.45) is 5.41 Å². The average molecular weight is 271 g/mol. The first-order valence-electron chi connectivity index (χ1n) is 6.74. The minimum absolute atomic E-state index is 0.0345. The lowest BCUT2D eigenvalue weighted by Gasteiger charge is -2.36. The Kier molecular flexibility index (Phi) is 4.82. The smallest absolute Gasteiger partial charge is 0.407 e. The maximum atomic E-state index is 11.8. The van der Waals surface area contributed by atoms with Crippen LogP contribution in [0.25, 0.3) is 0 Å². The van der Waals surface area contributed by atoms with Gasteiger partial charge in [0.1, 0.15) is 5.60 Å². The lowest BCUT2D eigenvalue weighted by atomic mass is 9.73. The summed E-state index contributed by atoms with van der Waals surface area (Å²) >= 11 is 0. The minimum Gasteiger partial charge on any atom is -0.469 e. The maximum absolute atomic E-state index is 11.8. The molecule has 0 heterocycles. The van der Waals surface area contributed by atoms with Crippen molar-refractivity contribution in [2.45, 2.75) is 65.0 Å². The number of methoxy groups -OCH3 is 1. The maximum Gasteiger partial charge on any atom is 0.407 e. The molecule has 5 heteroatoms. The third kappa shape index (κ3) is 4.73. The Hall–Kier alpha value is -1.26. The van der Waals surface area contributed by atoms with Gasteiger partial charge >= 0.3 is 12.1 Å². The van der Waals surface area contributed by atoms with Crippen LogP contribution in [0, 0.1) is 5.41 Å². The molecule has 1 aliphatic rings. The second kappa shape index (κ2) is 5.80. The number of alkyl carbamates (subject to hydrolysis) is 1. The standard InChI is InChI=1S/C14H25NO4/c1-13(2,3)19-12(17)15-10-7-6-8-14(4,9-10)11(16)18-5/h10H,6-9H2,1-5H3,(H,15,17)/t10-,14+/m1/s1. The van der Waals surface area contributed by atoms with E-state index in [0.29, 0.717) is 6.42 Å². The second-order valence-electron chi connectivity index (χ2n) is 6.49. The molecule has 0 spiro atoms. The fourth-order valence-corrected chi connectivity index (χ4v) is 2.52. The van der Waals surface area contributed by atoms with Crippen molar-refractivity contribution < 1.29 is 19.1 Å². The van der Waals surface area contributed by atoms with E-state index in [1.54, 1.807) is 0 Å². The van der Waals surface area contributed by atoms with E-state index in [-0.39, 0.29) is 12.0 Å². The molecule has 1 saturated carbocycles. The van der Waals surface area contributed by atoms with Gasteiger partial charge in [-0.25, -0.2) is 4.79 Å². The van der Waals surface area contributed by atoms with Crippen LogP contribution in [-0.2, 0) is 14.3 Å². The Balaban J connectivity index is 2.56. The highest BCUT2D eigenvalue weighted by molar-refractivity contribution is 5.76. The minimum atomic E-state index is -0.510. The molecule has 1 amide bonds. The van der Waals surface area contributed by atoms with Crippen molar-refractivity contribution in [3.63, 3.8) is 0 Å². The van der Waals surface area contributed by atoms with E-state index < -0.39 is 17.1 Å². The number of carbonyl (C=O) groups excluding carboxylic acids is 2. The van der Waals surface area contributed by atoms with Crippen molar-refractivity contribution in [2.75, 3.05) is 7.11 Å². The van der Waals surface area contributed by atoms with E-state index in [4.69, 9.17) is 9.47 Å². The molecular formula is C14H25NO4. The van der Waals surface area contributed by atoms with Crippen LogP contribution in [0.5, 0.6) is 0 Å². The number of carbonyl (C=O) groups is 2. The Labute approximate surface area is 115 Å². The lowest BCUT2D eigenvalue weighted by Crippen LogP contribution is -2.46. The average Bonchev–Trinajstić information content (AvgIpc) is 2.25. The topological polar surface area (TPSA) is 64.6 Å². The molecule has 110 valence electrons. The third-order valence-corrected chi connectivity index (χ3v) is 3.38. The van der Waals surface area contributed by atoms with E-state index in [2.05, 4.69) is 5.32 Å². The predicted molar refractivity (Wildman–Crippen MR) is 71.7 cm³/mol. The molecule has 5 nitrogen and oxygen atoms in total. The van der Waals surface area contributed by atoms with E-state index in [9.17, 15) is 9.59 Å². The van der Waals surface area contributed by atoms with Gasteiger partial charge in [-0.1, -0.05) is 6.42 Å². The number of amides is 1. The van der Waals surface area contributed by atoms with Crippen LogP contribution in [0.1, 0.15) is 53.4 Å². The van der Waals surface area contributed by atoms with Crippen molar-refractivity contribution >= 4 is 12.1 Å². The summed E-state index contributed by atoms with van der Waals surface area (Å²) in [5.41, 5.74) is -1.02. The lowest BCUT2D eigenvalue weighted by molar-refractivity contribution is -0.154. The molecule has 0 bridgehead atoms. The van der Waals surface area contributed by atoms with Crippen molar-refractivity contribution in [1.82, 2.24) is 5.32 Å². The summed E-state index contributed by atoms with van der Waals surface area (Å²) < 4.78 is 10.1. The molecule has 1 aliphatic carbocycles. The Morgan fingerprint density at radius 3 is 2.47 bits per heavy atom. The van der Waals surface area contributed by atoms with Crippen molar-refractivity contribution in [3.05, 3.63) is 0 Å². The molecule has 0 aromatic heterocycles. The third-order valence-electron chi connectivity index (χ3n) is 3.38. The highest BCUT2D eigenvalue weighted by Gasteiger charge is 2.40. The van der Waals surface area contributed by atoms with Crippen LogP contribution in [0.4, 0.5) is 4.79 Å². The number of hydrogen-bond acceptors (Lipinski definition) is 4. The monoisotopic (exact) mass is 271 g/mol. The fraction of sp³-hybridized carbons (Fsp3) is 0.857. The SMILES string of the molecule is COC(=O)[C@@]1(C)CCC[C@@H](NC(=O)OC(C)(C)C)C1. The van der Waals surface area contributed by atoms with Crippen molar-refractivity contribution in [3.8, 4) is 0 Å². The first-order chi connectivity index (χ1) is 8.66. The van der Waals surface area contributed by atoms with Gasteiger partial charge in [-0.2, -0.15) is 0 Å².